The van der Waals surface area contributed by atoms with E-state index < -0.39 is 24.2 Å². The molecule has 12 nitrogen and oxygen atoms in total. The number of ether oxygens (including phenoxy) is 2. The van der Waals surface area contributed by atoms with Gasteiger partial charge in [-0.25, -0.2) is 0 Å². The third-order valence-electron chi connectivity index (χ3n) is 9.26. The molecule has 0 saturated carbocycles. The Morgan fingerprint density at radius 1 is 0.889 bits per heavy atom. The van der Waals surface area contributed by atoms with Gasteiger partial charge in [0.1, 0.15) is 0 Å². The number of rotatable bonds is 19. The minimum Gasteiger partial charge on any atom is -0.379 e. The summed E-state index contributed by atoms with van der Waals surface area (Å²) in [4.78, 5) is 70.2. The van der Waals surface area contributed by atoms with Gasteiger partial charge < -0.3 is 29.9 Å². The van der Waals surface area contributed by atoms with Crippen molar-refractivity contribution in [3.05, 3.63) is 0 Å². The van der Waals surface area contributed by atoms with E-state index in [0.29, 0.717) is 13.0 Å². The first-order valence-corrected chi connectivity index (χ1v) is 16.4. The van der Waals surface area contributed by atoms with Crippen molar-refractivity contribution in [3.8, 4) is 0 Å². The first-order chi connectivity index (χ1) is 21.0. The van der Waals surface area contributed by atoms with Gasteiger partial charge in [0.05, 0.1) is 55.8 Å². The number of carbonyl (C=O) groups is 5. The maximum absolute atomic E-state index is 13.8. The normalized spacial score (nSPS) is 19.2. The summed E-state index contributed by atoms with van der Waals surface area (Å²) in [5.74, 6) is -1.64. The summed E-state index contributed by atoms with van der Waals surface area (Å²) < 4.78 is 11.7. The lowest BCUT2D eigenvalue weighted by atomic mass is 9.90. The first kappa shape index (κ1) is 40.5. The van der Waals surface area contributed by atoms with Gasteiger partial charge in [0.2, 0.25) is 23.6 Å². The average Bonchev–Trinajstić information content (AvgIpc) is 3.47. The molecule has 7 unspecified atom stereocenters. The van der Waals surface area contributed by atoms with E-state index in [1.54, 1.807) is 44.7 Å². The number of nitrogens with one attached hydrogen (secondary N) is 2. The van der Waals surface area contributed by atoms with E-state index in [4.69, 9.17) is 9.47 Å². The molecule has 0 aromatic heterocycles. The summed E-state index contributed by atoms with van der Waals surface area (Å²) in [7, 11) is 8.44. The molecule has 7 atom stereocenters. The van der Waals surface area contributed by atoms with E-state index in [9.17, 15) is 24.0 Å². The van der Waals surface area contributed by atoms with E-state index in [2.05, 4.69) is 10.6 Å². The molecule has 0 radical (unpaired) electrons. The van der Waals surface area contributed by atoms with Crippen molar-refractivity contribution in [2.75, 3.05) is 55.0 Å². The molecule has 1 rings (SSSR count). The number of hydrogen-bond donors (Lipinski definition) is 2. The highest BCUT2D eigenvalue weighted by molar-refractivity contribution is 5.88. The van der Waals surface area contributed by atoms with Crippen molar-refractivity contribution in [1.82, 2.24) is 25.3 Å². The molecule has 0 aromatic rings. The monoisotopic (exact) mass is 639 g/mol. The highest BCUT2D eigenvalue weighted by Gasteiger charge is 2.42. The second kappa shape index (κ2) is 19.2. The zero-order chi connectivity index (χ0) is 34.6. The highest BCUT2D eigenvalue weighted by atomic mass is 16.5. The minimum absolute atomic E-state index is 0.0101. The number of likely N-dealkylation sites (N-methyl/N-ethyl adjacent to an activating group) is 2. The van der Waals surface area contributed by atoms with Gasteiger partial charge in [0.25, 0.3) is 0 Å². The standard InChI is InChI=1S/C33H61N5O7/c1-13-22(6)30(37(10)28(41)19-35-33(43)29(21(4)5)36(8)9)26(44-11)17-27(40)38-16-14-15-24(38)31(45-12)23(7)32(42)34-18-25(39)20(2)3/h20-24,26,29-31H,13-19H2,1-12H3,(H,34,42)(H,35,43). The summed E-state index contributed by atoms with van der Waals surface area (Å²) in [5.41, 5.74) is 0. The Bertz CT molecular complexity index is 980. The van der Waals surface area contributed by atoms with Crippen LogP contribution in [0.5, 0.6) is 0 Å². The van der Waals surface area contributed by atoms with E-state index in [1.807, 2.05) is 46.7 Å². The third-order valence-corrected chi connectivity index (χ3v) is 9.26. The first-order valence-electron chi connectivity index (χ1n) is 16.4. The largest absolute Gasteiger partial charge is 0.379 e. The lowest BCUT2D eigenvalue weighted by Gasteiger charge is -2.39. The quantitative estimate of drug-likeness (QED) is 0.219. The van der Waals surface area contributed by atoms with Crippen LogP contribution in [0.4, 0.5) is 0 Å². The van der Waals surface area contributed by atoms with Crippen LogP contribution in [-0.4, -0.2) is 129 Å². The Balaban J connectivity index is 3.05. The maximum atomic E-state index is 13.8. The molecule has 45 heavy (non-hydrogen) atoms. The van der Waals surface area contributed by atoms with Gasteiger partial charge in [-0.15, -0.1) is 0 Å². The second-order valence-electron chi connectivity index (χ2n) is 13.4. The molecule has 1 heterocycles. The van der Waals surface area contributed by atoms with E-state index >= 15 is 0 Å². The Hall–Kier alpha value is -2.57. The number of hydrogen-bond acceptors (Lipinski definition) is 8. The lowest BCUT2D eigenvalue weighted by Crippen LogP contribution is -2.55. The Labute approximate surface area is 271 Å². The maximum Gasteiger partial charge on any atom is 0.242 e. The smallest absolute Gasteiger partial charge is 0.242 e. The second-order valence-corrected chi connectivity index (χ2v) is 13.4. The van der Waals surface area contributed by atoms with Gasteiger partial charge >= 0.3 is 0 Å². The Kier molecular flexibility index (Phi) is 17.2. The molecule has 1 aliphatic heterocycles. The topological polar surface area (TPSA) is 138 Å². The summed E-state index contributed by atoms with van der Waals surface area (Å²) >= 11 is 0. The van der Waals surface area contributed by atoms with Gasteiger partial charge in [0, 0.05) is 33.7 Å². The van der Waals surface area contributed by atoms with Crippen LogP contribution in [0.15, 0.2) is 0 Å². The van der Waals surface area contributed by atoms with Crippen LogP contribution >= 0.6 is 0 Å². The fourth-order valence-corrected chi connectivity index (χ4v) is 6.39. The molecule has 1 saturated heterocycles. The molecule has 0 aliphatic carbocycles. The Morgan fingerprint density at radius 2 is 1.49 bits per heavy atom. The van der Waals surface area contributed by atoms with Crippen LogP contribution in [0.2, 0.25) is 0 Å². The molecular weight excluding hydrogens is 578 g/mol. The number of Topliss-reactive ketones (excluding diaryl/α,β-unsaturated/α-hetero) is 1. The molecule has 2 N–H and O–H groups in total. The van der Waals surface area contributed by atoms with Crippen LogP contribution in [0, 0.1) is 23.7 Å². The number of nitrogens with zero attached hydrogens (tertiary/aromatic N) is 3. The summed E-state index contributed by atoms with van der Waals surface area (Å²) in [6.07, 6.45) is 1.10. The van der Waals surface area contributed by atoms with Crippen LogP contribution in [0.1, 0.15) is 74.1 Å². The SMILES string of the molecule is CCC(C)C(C(CC(=O)N1CCCC1C(OC)C(C)C(=O)NCC(=O)C(C)C)OC)N(C)C(=O)CNC(=O)C(C(C)C)N(C)C. The summed E-state index contributed by atoms with van der Waals surface area (Å²) in [6, 6.07) is -1.09. The molecule has 0 aromatic carbocycles. The highest BCUT2D eigenvalue weighted by Crippen LogP contribution is 2.29. The Morgan fingerprint density at radius 3 is 1.98 bits per heavy atom. The molecule has 0 spiro atoms. The van der Waals surface area contributed by atoms with E-state index in [0.717, 1.165) is 12.8 Å². The predicted molar refractivity (Wildman–Crippen MR) is 174 cm³/mol. The fraction of sp³-hybridized carbons (Fsp3) is 0.848. The van der Waals surface area contributed by atoms with Gasteiger partial charge in [-0.1, -0.05) is 54.9 Å². The van der Waals surface area contributed by atoms with Crippen LogP contribution < -0.4 is 10.6 Å². The number of ketones is 1. The number of carbonyl (C=O) groups excluding carboxylic acids is 5. The van der Waals surface area contributed by atoms with Crippen molar-refractivity contribution in [2.24, 2.45) is 23.7 Å². The summed E-state index contributed by atoms with van der Waals surface area (Å²) in [6.45, 7) is 13.6. The molecule has 1 fully saturated rings. The predicted octanol–water partition coefficient (Wildman–Crippen LogP) is 1.95. The van der Waals surface area contributed by atoms with E-state index in [1.165, 1.54) is 7.11 Å². The molecule has 1 aliphatic rings. The van der Waals surface area contributed by atoms with Crippen molar-refractivity contribution < 1.29 is 33.4 Å². The minimum atomic E-state index is -0.590. The van der Waals surface area contributed by atoms with Crippen molar-refractivity contribution >= 4 is 29.4 Å². The zero-order valence-electron chi connectivity index (χ0n) is 29.8. The third kappa shape index (κ3) is 11.3. The molecule has 4 amide bonds. The van der Waals surface area contributed by atoms with E-state index in [-0.39, 0.29) is 78.8 Å². The molecule has 12 heteroatoms. The number of likely N-dealkylation sites (tertiary alicyclic amines) is 1. The van der Waals surface area contributed by atoms with Gasteiger partial charge in [-0.05, 0) is 38.8 Å². The average molecular weight is 640 g/mol. The van der Waals surface area contributed by atoms with Crippen molar-refractivity contribution in [1.29, 1.82) is 0 Å². The van der Waals surface area contributed by atoms with Gasteiger partial charge in [-0.2, -0.15) is 0 Å². The molecule has 0 bridgehead atoms. The molecule has 260 valence electrons. The van der Waals surface area contributed by atoms with Crippen LogP contribution in [-0.2, 0) is 33.4 Å². The van der Waals surface area contributed by atoms with Crippen LogP contribution in [0.25, 0.3) is 0 Å². The number of methoxy groups -OCH3 is 2. The summed E-state index contributed by atoms with van der Waals surface area (Å²) in [5, 5.41) is 5.51. The molecular formula is C33H61N5O7. The zero-order valence-corrected chi connectivity index (χ0v) is 29.8. The van der Waals surface area contributed by atoms with Crippen molar-refractivity contribution in [2.45, 2.75) is 104 Å². The lowest BCUT2D eigenvalue weighted by molar-refractivity contribution is -0.146. The number of amides is 4. The van der Waals surface area contributed by atoms with Crippen molar-refractivity contribution in [3.63, 3.8) is 0 Å². The van der Waals surface area contributed by atoms with Gasteiger partial charge in [-0.3, -0.25) is 28.9 Å². The van der Waals surface area contributed by atoms with Crippen LogP contribution in [0.3, 0.4) is 0 Å². The fourth-order valence-electron chi connectivity index (χ4n) is 6.39. The van der Waals surface area contributed by atoms with Gasteiger partial charge in [0.15, 0.2) is 5.78 Å².